The van der Waals surface area contributed by atoms with E-state index in [2.05, 4.69) is 10.1 Å². The van der Waals surface area contributed by atoms with E-state index in [1.54, 1.807) is 24.3 Å². The number of hydrogen-bond acceptors (Lipinski definition) is 5. The fourth-order valence-electron chi connectivity index (χ4n) is 1.42. The van der Waals surface area contributed by atoms with Gasteiger partial charge in [0, 0.05) is 0 Å². The van der Waals surface area contributed by atoms with E-state index in [-0.39, 0.29) is 18.9 Å². The van der Waals surface area contributed by atoms with E-state index in [1.165, 1.54) is 6.92 Å². The molecule has 0 bridgehead atoms. The van der Waals surface area contributed by atoms with E-state index in [1.807, 2.05) is 6.92 Å². The number of rotatable bonds is 7. The molecule has 0 saturated carbocycles. The van der Waals surface area contributed by atoms with E-state index in [9.17, 15) is 14.4 Å². The maximum Gasteiger partial charge on any atom is 0.325 e. The van der Waals surface area contributed by atoms with E-state index in [4.69, 9.17) is 4.74 Å². The van der Waals surface area contributed by atoms with Crippen LogP contribution in [0.15, 0.2) is 24.3 Å². The minimum Gasteiger partial charge on any atom is -0.493 e. The number of amides is 1. The molecule has 0 fully saturated rings. The maximum absolute atomic E-state index is 11.9. The number of ether oxygens (including phenoxy) is 2. The van der Waals surface area contributed by atoms with Gasteiger partial charge >= 0.3 is 5.97 Å². The number of Topliss-reactive ketones (excluding diaryl/α,β-unsaturated/α-hetero) is 1. The number of para-hydroxylation sites is 1. The molecule has 20 heavy (non-hydrogen) atoms. The minimum atomic E-state index is -0.664. The minimum absolute atomic E-state index is 0.258. The Labute approximate surface area is 117 Å². The zero-order chi connectivity index (χ0) is 15.0. The number of carbonyl (C=O) groups is 3. The predicted octanol–water partition coefficient (Wildman–Crippen LogP) is 0.947. The molecule has 1 rings (SSSR count). The fraction of sp³-hybridized carbons (Fsp3) is 0.357. The van der Waals surface area contributed by atoms with E-state index in [0.717, 1.165) is 0 Å². The first-order valence-electron chi connectivity index (χ1n) is 6.19. The second-order valence-electron chi connectivity index (χ2n) is 3.97. The highest BCUT2D eigenvalue weighted by Crippen LogP contribution is 2.17. The van der Waals surface area contributed by atoms with Gasteiger partial charge in [0.15, 0.2) is 5.78 Å². The Morgan fingerprint density at radius 3 is 2.55 bits per heavy atom. The summed E-state index contributed by atoms with van der Waals surface area (Å²) in [4.78, 5) is 33.8. The summed E-state index contributed by atoms with van der Waals surface area (Å²) in [5.41, 5.74) is 0.341. The van der Waals surface area contributed by atoms with E-state index in [0.29, 0.717) is 17.9 Å². The lowest BCUT2D eigenvalue weighted by molar-refractivity contribution is -0.146. The Morgan fingerprint density at radius 1 is 1.20 bits per heavy atom. The average Bonchev–Trinajstić information content (AvgIpc) is 2.43. The van der Waals surface area contributed by atoms with Crippen molar-refractivity contribution in [3.8, 4) is 5.75 Å². The Hall–Kier alpha value is -2.37. The third kappa shape index (κ3) is 5.09. The van der Waals surface area contributed by atoms with Crippen LogP contribution < -0.4 is 10.1 Å². The first-order chi connectivity index (χ1) is 9.54. The van der Waals surface area contributed by atoms with Crippen molar-refractivity contribution >= 4 is 17.7 Å². The molecule has 0 unspecified atom stereocenters. The van der Waals surface area contributed by atoms with Gasteiger partial charge in [0.1, 0.15) is 18.9 Å². The van der Waals surface area contributed by atoms with E-state index < -0.39 is 11.9 Å². The van der Waals surface area contributed by atoms with Crippen molar-refractivity contribution in [1.82, 2.24) is 5.32 Å². The van der Waals surface area contributed by atoms with Gasteiger partial charge in [0.25, 0.3) is 5.91 Å². The lowest BCUT2D eigenvalue weighted by Gasteiger charge is -2.10. The number of hydrogen-bond donors (Lipinski definition) is 1. The number of carbonyl (C=O) groups excluding carboxylic acids is 3. The normalized spacial score (nSPS) is 9.70. The third-order valence-corrected chi connectivity index (χ3v) is 2.26. The quantitative estimate of drug-likeness (QED) is 0.751. The summed E-state index contributed by atoms with van der Waals surface area (Å²) < 4.78 is 9.96. The monoisotopic (exact) mass is 279 g/mol. The molecule has 6 heteroatoms. The van der Waals surface area contributed by atoms with Gasteiger partial charge in [-0.15, -0.1) is 0 Å². The molecule has 0 aliphatic rings. The van der Waals surface area contributed by atoms with Crippen LogP contribution in [0.3, 0.4) is 0 Å². The summed E-state index contributed by atoms with van der Waals surface area (Å²) in [6.07, 6.45) is 0. The van der Waals surface area contributed by atoms with Gasteiger partial charge in [0.2, 0.25) is 0 Å². The van der Waals surface area contributed by atoms with Crippen molar-refractivity contribution in [3.63, 3.8) is 0 Å². The molecular weight excluding hydrogens is 262 g/mol. The van der Waals surface area contributed by atoms with Gasteiger partial charge in [-0.25, -0.2) is 0 Å². The highest BCUT2D eigenvalue weighted by atomic mass is 16.5. The van der Waals surface area contributed by atoms with Crippen molar-refractivity contribution in [1.29, 1.82) is 0 Å². The number of nitrogens with one attached hydrogen (secondary N) is 1. The zero-order valence-corrected chi connectivity index (χ0v) is 11.5. The lowest BCUT2D eigenvalue weighted by Crippen LogP contribution is -2.31. The summed E-state index contributed by atoms with van der Waals surface area (Å²) in [6.45, 7) is 2.97. The molecule has 108 valence electrons. The average molecular weight is 279 g/mol. The van der Waals surface area contributed by atoms with Crippen LogP contribution in [0, 0.1) is 0 Å². The van der Waals surface area contributed by atoms with Crippen LogP contribution in [-0.2, 0) is 14.3 Å². The number of ketones is 1. The Bertz CT molecular complexity index is 498. The van der Waals surface area contributed by atoms with Crippen LogP contribution >= 0.6 is 0 Å². The van der Waals surface area contributed by atoms with Crippen LogP contribution in [-0.4, -0.2) is 37.4 Å². The lowest BCUT2D eigenvalue weighted by atomic mass is 10.2. The summed E-state index contributed by atoms with van der Waals surface area (Å²) in [5.74, 6) is -0.910. The topological polar surface area (TPSA) is 81.7 Å². The van der Waals surface area contributed by atoms with Crippen molar-refractivity contribution in [3.05, 3.63) is 29.8 Å². The summed E-state index contributed by atoms with van der Waals surface area (Å²) >= 11 is 0. The van der Waals surface area contributed by atoms with Gasteiger partial charge in [-0.3, -0.25) is 14.4 Å². The van der Waals surface area contributed by atoms with Crippen LogP contribution in [0.5, 0.6) is 5.75 Å². The van der Waals surface area contributed by atoms with E-state index >= 15 is 0 Å². The van der Waals surface area contributed by atoms with Crippen LogP contribution in [0.25, 0.3) is 0 Å². The SMILES string of the molecule is CCOc1ccccc1C(=O)NCC(=O)OCC(C)=O. The second-order valence-corrected chi connectivity index (χ2v) is 3.97. The maximum atomic E-state index is 11.9. The van der Waals surface area contributed by atoms with Crippen molar-refractivity contribution in [2.24, 2.45) is 0 Å². The number of benzene rings is 1. The molecule has 6 nitrogen and oxygen atoms in total. The molecule has 0 heterocycles. The van der Waals surface area contributed by atoms with Gasteiger partial charge < -0.3 is 14.8 Å². The molecule has 1 aromatic rings. The molecule has 1 aromatic carbocycles. The molecule has 0 aliphatic carbocycles. The van der Waals surface area contributed by atoms with Gasteiger partial charge in [-0.1, -0.05) is 12.1 Å². The van der Waals surface area contributed by atoms with Crippen molar-refractivity contribution < 1.29 is 23.9 Å². The molecule has 0 radical (unpaired) electrons. The molecule has 0 saturated heterocycles. The first kappa shape index (κ1) is 15.7. The molecule has 1 amide bonds. The fourth-order valence-corrected chi connectivity index (χ4v) is 1.42. The summed E-state index contributed by atoms with van der Waals surface area (Å²) in [5, 5.41) is 2.42. The summed E-state index contributed by atoms with van der Waals surface area (Å²) in [7, 11) is 0. The Balaban J connectivity index is 2.54. The molecule has 0 aliphatic heterocycles. The Morgan fingerprint density at radius 2 is 1.90 bits per heavy atom. The highest BCUT2D eigenvalue weighted by molar-refractivity contribution is 5.98. The van der Waals surface area contributed by atoms with Crippen LogP contribution in [0.4, 0.5) is 0 Å². The molecule has 0 spiro atoms. The summed E-state index contributed by atoms with van der Waals surface area (Å²) in [6, 6.07) is 6.72. The molecule has 0 aromatic heterocycles. The smallest absolute Gasteiger partial charge is 0.325 e. The second kappa shape index (κ2) is 7.93. The molecule has 0 atom stereocenters. The highest BCUT2D eigenvalue weighted by Gasteiger charge is 2.13. The van der Waals surface area contributed by atoms with Gasteiger partial charge in [-0.05, 0) is 26.0 Å². The Kier molecular flexibility index (Phi) is 6.22. The first-order valence-corrected chi connectivity index (χ1v) is 6.19. The van der Waals surface area contributed by atoms with Gasteiger partial charge in [-0.2, -0.15) is 0 Å². The predicted molar refractivity (Wildman–Crippen MR) is 71.6 cm³/mol. The van der Waals surface area contributed by atoms with Crippen molar-refractivity contribution in [2.45, 2.75) is 13.8 Å². The molecular formula is C14H17NO5. The van der Waals surface area contributed by atoms with Crippen molar-refractivity contribution in [2.75, 3.05) is 19.8 Å². The standard InChI is InChI=1S/C14H17NO5/c1-3-19-12-7-5-4-6-11(12)14(18)15-8-13(17)20-9-10(2)16/h4-7H,3,8-9H2,1-2H3,(H,15,18). The van der Waals surface area contributed by atoms with Crippen LogP contribution in [0.2, 0.25) is 0 Å². The zero-order valence-electron chi connectivity index (χ0n) is 11.5. The molecule has 1 N–H and O–H groups in total. The van der Waals surface area contributed by atoms with Crippen LogP contribution in [0.1, 0.15) is 24.2 Å². The number of esters is 1. The van der Waals surface area contributed by atoms with Gasteiger partial charge in [0.05, 0.1) is 12.2 Å². The third-order valence-electron chi connectivity index (χ3n) is 2.26. The largest absolute Gasteiger partial charge is 0.493 e.